The average Bonchev–Trinajstić information content (AvgIpc) is 3.58. The third-order valence-electron chi connectivity index (χ3n) is 7.31. The Morgan fingerprint density at radius 3 is 2.33 bits per heavy atom. The fourth-order valence-corrected chi connectivity index (χ4v) is 5.28. The van der Waals surface area contributed by atoms with E-state index in [1.807, 2.05) is 80.3 Å². The van der Waals surface area contributed by atoms with Crippen LogP contribution in [0.5, 0.6) is 17.5 Å². The largest absolute Gasteiger partial charge is 0.497 e. The molecule has 198 valence electrons. The highest BCUT2D eigenvalue weighted by molar-refractivity contribution is 5.69. The lowest BCUT2D eigenvalue weighted by atomic mass is 9.84. The first-order chi connectivity index (χ1) is 19.5. The van der Waals surface area contributed by atoms with Gasteiger partial charge >= 0.3 is 0 Å². The molecule has 0 fully saturated rings. The summed E-state index contributed by atoms with van der Waals surface area (Å²) < 4.78 is 15.5. The molecule has 0 radical (unpaired) electrons. The van der Waals surface area contributed by atoms with Gasteiger partial charge in [-0.2, -0.15) is 5.10 Å². The Bertz CT molecular complexity index is 1840. The fourth-order valence-electron chi connectivity index (χ4n) is 5.28. The smallest absolute Gasteiger partial charge is 0.230 e. The van der Waals surface area contributed by atoms with Crippen LogP contribution in [0.15, 0.2) is 85.2 Å². The number of benzene rings is 3. The molecule has 0 spiro atoms. The van der Waals surface area contributed by atoms with Gasteiger partial charge in [0, 0.05) is 25.3 Å². The predicted molar refractivity (Wildman–Crippen MR) is 153 cm³/mol. The summed E-state index contributed by atoms with van der Waals surface area (Å²) in [5.41, 5.74) is 7.37. The molecule has 3 aromatic carbocycles. The number of para-hydroxylation sites is 1. The molecule has 1 aliphatic rings. The molecular formula is C31H27N7O2. The second-order valence-electron chi connectivity index (χ2n) is 9.97. The lowest BCUT2D eigenvalue weighted by Crippen LogP contribution is -2.16. The fraction of sp³-hybridized carbons (Fsp3) is 0.161. The first kappa shape index (κ1) is 23.9. The molecule has 0 bridgehead atoms. The van der Waals surface area contributed by atoms with Crippen LogP contribution in [0.3, 0.4) is 0 Å². The SMILES string of the molecule is COc1ccc(C2c3c(C)nn(-c4ccccc4)c3Oc3ncn4nc(-c5ccc(N(C)C)cc5)nc4c32)cc1. The van der Waals surface area contributed by atoms with Crippen molar-refractivity contribution in [3.63, 3.8) is 0 Å². The van der Waals surface area contributed by atoms with Gasteiger partial charge in [0.05, 0.1) is 35.5 Å². The number of fused-ring (bicyclic) bond motifs is 4. The maximum atomic E-state index is 6.52. The topological polar surface area (TPSA) is 82.6 Å². The highest BCUT2D eigenvalue weighted by Crippen LogP contribution is 2.50. The van der Waals surface area contributed by atoms with Crippen molar-refractivity contribution in [1.29, 1.82) is 0 Å². The highest BCUT2D eigenvalue weighted by Gasteiger charge is 2.38. The Morgan fingerprint density at radius 2 is 1.62 bits per heavy atom. The van der Waals surface area contributed by atoms with E-state index in [0.29, 0.717) is 23.2 Å². The van der Waals surface area contributed by atoms with E-state index in [1.54, 1.807) is 18.0 Å². The quantitative estimate of drug-likeness (QED) is 0.285. The first-order valence-corrected chi connectivity index (χ1v) is 13.0. The summed E-state index contributed by atoms with van der Waals surface area (Å²) in [6.45, 7) is 2.01. The van der Waals surface area contributed by atoms with E-state index in [4.69, 9.17) is 29.6 Å². The summed E-state index contributed by atoms with van der Waals surface area (Å²) in [6, 6.07) is 26.3. The highest BCUT2D eigenvalue weighted by atomic mass is 16.5. The van der Waals surface area contributed by atoms with Crippen LogP contribution in [0.2, 0.25) is 0 Å². The van der Waals surface area contributed by atoms with Crippen LogP contribution >= 0.6 is 0 Å². The van der Waals surface area contributed by atoms with Gasteiger partial charge in [-0.1, -0.05) is 30.3 Å². The van der Waals surface area contributed by atoms with Crippen molar-refractivity contribution in [3.8, 4) is 34.6 Å². The van der Waals surface area contributed by atoms with Crippen molar-refractivity contribution < 1.29 is 9.47 Å². The van der Waals surface area contributed by atoms with Gasteiger partial charge in [-0.25, -0.2) is 19.2 Å². The van der Waals surface area contributed by atoms with Crippen molar-refractivity contribution in [2.45, 2.75) is 12.8 Å². The minimum atomic E-state index is -0.230. The van der Waals surface area contributed by atoms with Crippen molar-refractivity contribution in [2.75, 3.05) is 26.1 Å². The number of anilines is 1. The maximum Gasteiger partial charge on any atom is 0.230 e. The molecule has 1 aliphatic heterocycles. The second kappa shape index (κ2) is 9.23. The Balaban J connectivity index is 1.44. The van der Waals surface area contributed by atoms with E-state index in [2.05, 4.69) is 29.2 Å². The number of hydrogen-bond donors (Lipinski definition) is 0. The van der Waals surface area contributed by atoms with Gasteiger partial charge < -0.3 is 14.4 Å². The molecule has 9 heteroatoms. The summed E-state index contributed by atoms with van der Waals surface area (Å²) in [5, 5.41) is 9.69. The molecule has 1 atom stereocenters. The summed E-state index contributed by atoms with van der Waals surface area (Å²) in [7, 11) is 5.71. The van der Waals surface area contributed by atoms with Crippen molar-refractivity contribution in [2.24, 2.45) is 0 Å². The molecule has 40 heavy (non-hydrogen) atoms. The van der Waals surface area contributed by atoms with Gasteiger partial charge in [-0.15, -0.1) is 5.10 Å². The first-order valence-electron chi connectivity index (χ1n) is 13.0. The minimum absolute atomic E-state index is 0.230. The molecule has 1 unspecified atom stereocenters. The predicted octanol–water partition coefficient (Wildman–Crippen LogP) is 5.65. The zero-order chi connectivity index (χ0) is 27.4. The van der Waals surface area contributed by atoms with Gasteiger partial charge in [-0.05, 0) is 61.0 Å². The van der Waals surface area contributed by atoms with Crippen molar-refractivity contribution in [3.05, 3.63) is 108 Å². The second-order valence-corrected chi connectivity index (χ2v) is 9.97. The number of methoxy groups -OCH3 is 1. The standard InChI is InChI=1S/C31H27N7O2/c1-19-25-26(20-12-16-24(39-4)17-13-20)27-29-33-28(21-10-14-22(15-11-21)36(2)3)35-37(29)18-32-30(27)40-31(25)38(34-19)23-8-6-5-7-9-23/h5-18,26H,1-4H3. The van der Waals surface area contributed by atoms with Gasteiger partial charge in [0.15, 0.2) is 11.5 Å². The molecule has 6 aromatic rings. The molecule has 3 aromatic heterocycles. The van der Waals surface area contributed by atoms with Crippen LogP contribution in [0.4, 0.5) is 5.69 Å². The lowest BCUT2D eigenvalue weighted by molar-refractivity contribution is 0.402. The Morgan fingerprint density at radius 1 is 0.875 bits per heavy atom. The summed E-state index contributed by atoms with van der Waals surface area (Å²) in [5.74, 6) is 2.31. The van der Waals surface area contributed by atoms with Crippen LogP contribution < -0.4 is 14.4 Å². The van der Waals surface area contributed by atoms with Crippen LogP contribution in [-0.2, 0) is 0 Å². The van der Waals surface area contributed by atoms with Gasteiger partial charge in [0.25, 0.3) is 0 Å². The van der Waals surface area contributed by atoms with E-state index in [-0.39, 0.29) is 5.92 Å². The average molecular weight is 530 g/mol. The van der Waals surface area contributed by atoms with E-state index in [1.165, 1.54) is 0 Å². The summed E-state index contributed by atoms with van der Waals surface area (Å²) in [6.07, 6.45) is 1.66. The third-order valence-corrected chi connectivity index (χ3v) is 7.31. The van der Waals surface area contributed by atoms with Crippen LogP contribution in [0.1, 0.15) is 28.3 Å². The van der Waals surface area contributed by atoms with Gasteiger partial charge in [0.2, 0.25) is 11.8 Å². The number of hydrogen-bond acceptors (Lipinski definition) is 7. The Kier molecular flexibility index (Phi) is 5.52. The molecule has 7 rings (SSSR count). The number of ether oxygens (including phenoxy) is 2. The Labute approximate surface area is 231 Å². The molecule has 9 nitrogen and oxygen atoms in total. The molecular weight excluding hydrogens is 502 g/mol. The van der Waals surface area contributed by atoms with Crippen LogP contribution in [-0.4, -0.2) is 50.6 Å². The minimum Gasteiger partial charge on any atom is -0.497 e. The molecule has 0 N–H and O–H groups in total. The van der Waals surface area contributed by atoms with Gasteiger partial charge in [-0.3, -0.25) is 0 Å². The molecule has 0 saturated carbocycles. The number of nitrogens with zero attached hydrogens (tertiary/aromatic N) is 7. The molecule has 0 saturated heterocycles. The number of rotatable bonds is 5. The molecule has 0 aliphatic carbocycles. The van der Waals surface area contributed by atoms with E-state index >= 15 is 0 Å². The normalized spacial score (nSPS) is 13.9. The molecule has 0 amide bonds. The maximum absolute atomic E-state index is 6.52. The third kappa shape index (κ3) is 3.78. The Hall–Kier alpha value is -5.18. The van der Waals surface area contributed by atoms with E-state index in [9.17, 15) is 0 Å². The van der Waals surface area contributed by atoms with Crippen LogP contribution in [0.25, 0.3) is 22.7 Å². The summed E-state index contributed by atoms with van der Waals surface area (Å²) >= 11 is 0. The number of aromatic nitrogens is 6. The zero-order valence-electron chi connectivity index (χ0n) is 22.6. The van der Waals surface area contributed by atoms with Gasteiger partial charge in [0.1, 0.15) is 12.1 Å². The zero-order valence-corrected chi connectivity index (χ0v) is 22.6. The van der Waals surface area contributed by atoms with Crippen LogP contribution in [0, 0.1) is 6.92 Å². The summed E-state index contributed by atoms with van der Waals surface area (Å²) in [4.78, 5) is 11.8. The van der Waals surface area contributed by atoms with E-state index < -0.39 is 0 Å². The molecule has 4 heterocycles. The number of aryl methyl sites for hydroxylation is 1. The lowest BCUT2D eigenvalue weighted by Gasteiger charge is -2.26. The van der Waals surface area contributed by atoms with E-state index in [0.717, 1.165) is 45.1 Å². The van der Waals surface area contributed by atoms with Crippen molar-refractivity contribution in [1.82, 2.24) is 29.4 Å². The van der Waals surface area contributed by atoms with Crippen molar-refractivity contribution >= 4 is 11.3 Å². The monoisotopic (exact) mass is 529 g/mol.